The number of fused-ring (bicyclic) bond motifs is 1. The van der Waals surface area contributed by atoms with Crippen molar-refractivity contribution in [3.8, 4) is 10.4 Å². The molecule has 3 aromatic rings. The lowest BCUT2D eigenvalue weighted by molar-refractivity contribution is -0.143. The molecule has 3 amide bonds. The molecule has 39 heavy (non-hydrogen) atoms. The second-order valence-electron chi connectivity index (χ2n) is 10.8. The summed E-state index contributed by atoms with van der Waals surface area (Å²) in [7, 11) is 0. The number of nitrogens with one attached hydrogen (secondary N) is 1. The zero-order valence-corrected chi connectivity index (χ0v) is 23.9. The monoisotopic (exact) mass is 544 g/mol. The first-order valence-electron chi connectivity index (χ1n) is 13.8. The van der Waals surface area contributed by atoms with E-state index in [0.29, 0.717) is 31.6 Å². The predicted molar refractivity (Wildman–Crippen MR) is 153 cm³/mol. The number of rotatable bonds is 8. The lowest BCUT2D eigenvalue weighted by atomic mass is 10.00. The van der Waals surface area contributed by atoms with E-state index >= 15 is 0 Å². The second-order valence-corrected chi connectivity index (χ2v) is 11.6. The van der Waals surface area contributed by atoms with Crippen molar-refractivity contribution in [2.45, 2.75) is 72.1 Å². The minimum Gasteiger partial charge on any atom is -0.350 e. The highest BCUT2D eigenvalue weighted by atomic mass is 32.1. The third-order valence-electron chi connectivity index (χ3n) is 7.96. The Kier molecular flexibility index (Phi) is 7.84. The number of nitrogens with zero attached hydrogens (tertiary/aromatic N) is 3. The van der Waals surface area contributed by atoms with Gasteiger partial charge in [0.1, 0.15) is 12.1 Å². The van der Waals surface area contributed by atoms with E-state index in [-0.39, 0.29) is 23.6 Å². The largest absolute Gasteiger partial charge is 0.350 e. The minimum atomic E-state index is -0.604. The average Bonchev–Trinajstić information content (AvgIpc) is 3.67. The van der Waals surface area contributed by atoms with Crippen LogP contribution in [0.25, 0.3) is 10.4 Å². The quantitative estimate of drug-likeness (QED) is 0.434. The molecule has 204 valence electrons. The summed E-state index contributed by atoms with van der Waals surface area (Å²) in [6.45, 7) is 9.43. The van der Waals surface area contributed by atoms with Crippen LogP contribution < -0.4 is 5.32 Å². The Morgan fingerprint density at radius 1 is 1.15 bits per heavy atom. The SMILES string of the molecule is CCc1cc(-c2scnc2C)ccc1CNC(=O)C1CCCN1C(=O)C(C(C)C)N1Cc2ccccc2C1=O. The molecule has 8 heteroatoms. The molecule has 1 saturated heterocycles. The Hall–Kier alpha value is -3.52. The normalized spacial score (nSPS) is 17.6. The second kappa shape index (κ2) is 11.3. The van der Waals surface area contributed by atoms with Gasteiger partial charge in [0.2, 0.25) is 11.8 Å². The van der Waals surface area contributed by atoms with Crippen LogP contribution in [0.5, 0.6) is 0 Å². The molecule has 2 unspecified atom stereocenters. The van der Waals surface area contributed by atoms with Crippen LogP contribution in [0, 0.1) is 12.8 Å². The molecule has 2 aromatic carbocycles. The number of amides is 3. The standard InChI is InChI=1S/C31H36N4O3S/c1-5-21-15-22(28-20(4)33-18-39-28)12-13-23(21)16-32-29(36)26-11-8-14-34(26)31(38)27(19(2)3)35-17-24-9-6-7-10-25(24)30(35)37/h6-7,9-10,12-13,15,18-19,26-27H,5,8,11,14,16-17H2,1-4H3,(H,32,36). The Labute approximate surface area is 234 Å². The van der Waals surface area contributed by atoms with Gasteiger partial charge in [0.25, 0.3) is 5.91 Å². The van der Waals surface area contributed by atoms with E-state index in [1.807, 2.05) is 50.5 Å². The smallest absolute Gasteiger partial charge is 0.255 e. The number of aryl methyl sites for hydroxylation is 2. The van der Waals surface area contributed by atoms with Crippen molar-refractivity contribution in [2.24, 2.45) is 5.92 Å². The number of benzene rings is 2. The highest BCUT2D eigenvalue weighted by Crippen LogP contribution is 2.31. The molecule has 0 saturated carbocycles. The minimum absolute atomic E-state index is 0.0760. The molecular weight excluding hydrogens is 508 g/mol. The first-order valence-corrected chi connectivity index (χ1v) is 14.7. The van der Waals surface area contributed by atoms with Crippen LogP contribution in [-0.2, 0) is 29.1 Å². The lowest BCUT2D eigenvalue weighted by Gasteiger charge is -2.35. The molecule has 3 heterocycles. The molecule has 5 rings (SSSR count). The summed E-state index contributed by atoms with van der Waals surface area (Å²) < 4.78 is 0. The summed E-state index contributed by atoms with van der Waals surface area (Å²) in [5.41, 5.74) is 7.90. The van der Waals surface area contributed by atoms with E-state index < -0.39 is 12.1 Å². The first kappa shape index (κ1) is 27.1. The Bertz CT molecular complexity index is 1400. The molecule has 2 aliphatic heterocycles. The maximum Gasteiger partial charge on any atom is 0.255 e. The van der Waals surface area contributed by atoms with Crippen LogP contribution in [0.3, 0.4) is 0 Å². The summed E-state index contributed by atoms with van der Waals surface area (Å²) in [6.07, 6.45) is 2.25. The number of carbonyl (C=O) groups is 3. The Balaban J connectivity index is 1.28. The molecule has 7 nitrogen and oxygen atoms in total. The lowest BCUT2D eigenvalue weighted by Crippen LogP contribution is -2.55. The van der Waals surface area contributed by atoms with Gasteiger partial charge in [-0.3, -0.25) is 14.4 Å². The zero-order valence-electron chi connectivity index (χ0n) is 23.1. The summed E-state index contributed by atoms with van der Waals surface area (Å²) in [6, 6.07) is 12.8. The highest BCUT2D eigenvalue weighted by molar-refractivity contribution is 7.13. The third-order valence-corrected chi connectivity index (χ3v) is 8.93. The number of hydrogen-bond donors (Lipinski definition) is 1. The Morgan fingerprint density at radius 2 is 1.95 bits per heavy atom. The van der Waals surface area contributed by atoms with Gasteiger partial charge in [0, 0.05) is 25.2 Å². The molecule has 0 spiro atoms. The van der Waals surface area contributed by atoms with Gasteiger partial charge in [-0.25, -0.2) is 4.98 Å². The summed E-state index contributed by atoms with van der Waals surface area (Å²) in [5.74, 6) is -0.457. The van der Waals surface area contributed by atoms with E-state index in [1.54, 1.807) is 21.1 Å². The van der Waals surface area contributed by atoms with Gasteiger partial charge in [0.15, 0.2) is 0 Å². The van der Waals surface area contributed by atoms with E-state index in [4.69, 9.17) is 0 Å². The maximum atomic E-state index is 13.9. The zero-order chi connectivity index (χ0) is 27.7. The van der Waals surface area contributed by atoms with Gasteiger partial charge in [-0.15, -0.1) is 11.3 Å². The van der Waals surface area contributed by atoms with Crippen molar-refractivity contribution in [2.75, 3.05) is 6.54 Å². The fourth-order valence-electron chi connectivity index (χ4n) is 5.90. The van der Waals surface area contributed by atoms with Gasteiger partial charge in [-0.2, -0.15) is 0 Å². The molecule has 1 N–H and O–H groups in total. The van der Waals surface area contributed by atoms with Gasteiger partial charge in [-0.1, -0.05) is 51.1 Å². The van der Waals surface area contributed by atoms with Gasteiger partial charge >= 0.3 is 0 Å². The molecule has 1 aromatic heterocycles. The van der Waals surface area contributed by atoms with Gasteiger partial charge in [0.05, 0.1) is 16.1 Å². The summed E-state index contributed by atoms with van der Waals surface area (Å²) in [5, 5.41) is 3.10. The van der Waals surface area contributed by atoms with E-state index in [2.05, 4.69) is 35.4 Å². The number of hydrogen-bond acceptors (Lipinski definition) is 5. The van der Waals surface area contributed by atoms with E-state index in [1.165, 1.54) is 10.4 Å². The van der Waals surface area contributed by atoms with Crippen LogP contribution in [0.1, 0.15) is 66.4 Å². The van der Waals surface area contributed by atoms with E-state index in [0.717, 1.165) is 35.2 Å². The van der Waals surface area contributed by atoms with Gasteiger partial charge < -0.3 is 15.1 Å². The maximum absolute atomic E-state index is 13.9. The van der Waals surface area contributed by atoms with Crippen molar-refractivity contribution in [1.29, 1.82) is 0 Å². The van der Waals surface area contributed by atoms with Crippen LogP contribution in [0.4, 0.5) is 0 Å². The third kappa shape index (κ3) is 5.22. The summed E-state index contributed by atoms with van der Waals surface area (Å²) >= 11 is 1.63. The topological polar surface area (TPSA) is 82.6 Å². The predicted octanol–water partition coefficient (Wildman–Crippen LogP) is 4.97. The molecule has 0 radical (unpaired) electrons. The number of thiazole rings is 1. The summed E-state index contributed by atoms with van der Waals surface area (Å²) in [4.78, 5) is 49.4. The highest BCUT2D eigenvalue weighted by Gasteiger charge is 2.43. The van der Waals surface area contributed by atoms with Crippen LogP contribution in [0.2, 0.25) is 0 Å². The Morgan fingerprint density at radius 3 is 2.64 bits per heavy atom. The fourth-order valence-corrected chi connectivity index (χ4v) is 6.70. The number of carbonyl (C=O) groups excluding carboxylic acids is 3. The van der Waals surface area contributed by atoms with Crippen molar-refractivity contribution in [3.05, 3.63) is 75.9 Å². The molecule has 2 aliphatic rings. The molecule has 0 bridgehead atoms. The van der Waals surface area contributed by atoms with Crippen molar-refractivity contribution < 1.29 is 14.4 Å². The van der Waals surface area contributed by atoms with Crippen LogP contribution in [-0.4, -0.2) is 51.1 Å². The van der Waals surface area contributed by atoms with Crippen molar-refractivity contribution in [1.82, 2.24) is 20.1 Å². The van der Waals surface area contributed by atoms with Crippen molar-refractivity contribution >= 4 is 29.1 Å². The van der Waals surface area contributed by atoms with E-state index in [9.17, 15) is 14.4 Å². The van der Waals surface area contributed by atoms with Gasteiger partial charge in [-0.05, 0) is 66.5 Å². The van der Waals surface area contributed by atoms with Crippen LogP contribution in [0.15, 0.2) is 48.0 Å². The molecule has 0 aliphatic carbocycles. The average molecular weight is 545 g/mol. The van der Waals surface area contributed by atoms with Crippen molar-refractivity contribution in [3.63, 3.8) is 0 Å². The molecule has 1 fully saturated rings. The molecule has 2 atom stereocenters. The van der Waals surface area contributed by atoms with Crippen LogP contribution >= 0.6 is 11.3 Å². The number of aromatic nitrogens is 1. The molecular formula is C31H36N4O3S. The fraction of sp³-hybridized carbons (Fsp3) is 0.419. The number of likely N-dealkylation sites (tertiary alicyclic amines) is 1. The first-order chi connectivity index (χ1) is 18.8.